The summed E-state index contributed by atoms with van der Waals surface area (Å²) in [4.78, 5) is 19.8. The van der Waals surface area contributed by atoms with Gasteiger partial charge in [0.1, 0.15) is 5.69 Å². The maximum Gasteiger partial charge on any atom is 0.272 e. The smallest absolute Gasteiger partial charge is 0.272 e. The Bertz CT molecular complexity index is 855. The molecule has 0 radical (unpaired) electrons. The number of carbonyl (C=O) groups is 1. The Kier molecular flexibility index (Phi) is 6.29. The minimum absolute atomic E-state index is 0.173. The fourth-order valence-electron chi connectivity index (χ4n) is 3.17. The highest BCUT2D eigenvalue weighted by Crippen LogP contribution is 2.25. The summed E-state index contributed by atoms with van der Waals surface area (Å²) < 4.78 is 1.99. The van der Waals surface area contributed by atoms with Gasteiger partial charge in [-0.1, -0.05) is 25.3 Å². The highest BCUT2D eigenvalue weighted by Gasteiger charge is 2.17. The quantitative estimate of drug-likeness (QED) is 0.727. The van der Waals surface area contributed by atoms with Crippen molar-refractivity contribution in [3.8, 4) is 0 Å². The Morgan fingerprint density at radius 2 is 2.11 bits per heavy atom. The van der Waals surface area contributed by atoms with Crippen molar-refractivity contribution in [2.45, 2.75) is 32.7 Å². The minimum Gasteiger partial charge on any atom is -0.348 e. The molecule has 1 fully saturated rings. The molecular weight excluding hydrogens is 356 g/mol. The van der Waals surface area contributed by atoms with E-state index in [4.69, 9.17) is 4.98 Å². The molecule has 0 aliphatic carbocycles. The Labute approximate surface area is 164 Å². The largest absolute Gasteiger partial charge is 0.348 e. The number of aromatic nitrogens is 2. The number of carbonyl (C=O) groups excluding carboxylic acids is 1. The number of thiazole rings is 1. The third-order valence-corrected chi connectivity index (χ3v) is 5.58. The van der Waals surface area contributed by atoms with E-state index < -0.39 is 0 Å². The first-order chi connectivity index (χ1) is 13.1. The van der Waals surface area contributed by atoms with Crippen LogP contribution in [0.4, 0.5) is 5.13 Å². The zero-order valence-electron chi connectivity index (χ0n) is 15.8. The molecule has 0 bridgehead atoms. The van der Waals surface area contributed by atoms with Crippen LogP contribution in [0.2, 0.25) is 0 Å². The van der Waals surface area contributed by atoms with E-state index in [2.05, 4.69) is 28.8 Å². The number of hydrogen-bond donors (Lipinski definition) is 1. The van der Waals surface area contributed by atoms with Crippen molar-refractivity contribution < 1.29 is 4.79 Å². The summed E-state index contributed by atoms with van der Waals surface area (Å²) in [5, 5.41) is 5.99. The highest BCUT2D eigenvalue weighted by atomic mass is 32.1. The van der Waals surface area contributed by atoms with Crippen molar-refractivity contribution in [2.24, 2.45) is 0 Å². The molecule has 1 saturated heterocycles. The number of hydrogen-bond acceptors (Lipinski definition) is 4. The summed E-state index contributed by atoms with van der Waals surface area (Å²) in [7, 11) is 0. The van der Waals surface area contributed by atoms with Gasteiger partial charge in [0.2, 0.25) is 0 Å². The van der Waals surface area contributed by atoms with Gasteiger partial charge in [0.05, 0.1) is 12.2 Å². The molecule has 1 aliphatic rings. The molecule has 0 aromatic carbocycles. The molecule has 1 aliphatic heterocycles. The van der Waals surface area contributed by atoms with Crippen LogP contribution in [0.5, 0.6) is 0 Å². The predicted molar refractivity (Wildman–Crippen MR) is 112 cm³/mol. The number of aryl methyl sites for hydroxylation is 1. The first kappa shape index (κ1) is 19.2. The SMILES string of the molecule is C=C/C=C\C(=C)NC(=O)c1ccc(C)n1Cc1csc(N2CCCCC2)n1. The van der Waals surface area contributed by atoms with Crippen LogP contribution in [0.1, 0.15) is 41.1 Å². The molecule has 0 saturated carbocycles. The second kappa shape index (κ2) is 8.86. The summed E-state index contributed by atoms with van der Waals surface area (Å²) in [6.07, 6.45) is 8.89. The maximum absolute atomic E-state index is 12.6. The van der Waals surface area contributed by atoms with Gasteiger partial charge in [-0.15, -0.1) is 11.3 Å². The molecule has 27 heavy (non-hydrogen) atoms. The monoisotopic (exact) mass is 382 g/mol. The first-order valence-corrected chi connectivity index (χ1v) is 10.1. The molecule has 0 atom stereocenters. The van der Waals surface area contributed by atoms with E-state index in [9.17, 15) is 4.79 Å². The normalized spacial score (nSPS) is 14.5. The average molecular weight is 383 g/mol. The molecule has 3 heterocycles. The van der Waals surface area contributed by atoms with Crippen LogP contribution in [0, 0.1) is 6.92 Å². The Morgan fingerprint density at radius 3 is 2.85 bits per heavy atom. The maximum atomic E-state index is 12.6. The third kappa shape index (κ3) is 4.77. The van der Waals surface area contributed by atoms with Gasteiger partial charge < -0.3 is 14.8 Å². The summed E-state index contributed by atoms with van der Waals surface area (Å²) in [6, 6.07) is 3.79. The van der Waals surface area contributed by atoms with Crippen LogP contribution in [-0.2, 0) is 6.54 Å². The van der Waals surface area contributed by atoms with Crippen LogP contribution in [-0.4, -0.2) is 28.5 Å². The van der Waals surface area contributed by atoms with Gasteiger partial charge in [0.15, 0.2) is 5.13 Å². The second-order valence-electron chi connectivity index (χ2n) is 6.69. The third-order valence-electron chi connectivity index (χ3n) is 4.63. The van der Waals surface area contributed by atoms with Gasteiger partial charge in [-0.2, -0.15) is 0 Å². The predicted octanol–water partition coefficient (Wildman–Crippen LogP) is 4.28. The van der Waals surface area contributed by atoms with E-state index in [0.717, 1.165) is 29.6 Å². The number of rotatable bonds is 7. The summed E-state index contributed by atoms with van der Waals surface area (Å²) in [5.74, 6) is -0.173. The summed E-state index contributed by atoms with van der Waals surface area (Å²) in [5.41, 5.74) is 3.15. The van der Waals surface area contributed by atoms with Crippen LogP contribution in [0.3, 0.4) is 0 Å². The van der Waals surface area contributed by atoms with Gasteiger partial charge in [-0.25, -0.2) is 4.98 Å². The van der Waals surface area contributed by atoms with Gasteiger partial charge in [0.25, 0.3) is 5.91 Å². The Balaban J connectivity index is 1.72. The standard InChI is InChI=1S/C21H26N4OS/c1-4-5-9-16(2)22-20(26)19-11-10-17(3)25(19)14-18-15-27-21(23-18)24-12-7-6-8-13-24/h4-5,9-11,15H,1-2,6-8,12-14H2,3H3,(H,22,26)/b9-5-. The molecule has 5 nitrogen and oxygen atoms in total. The van der Waals surface area contributed by atoms with Crippen molar-refractivity contribution in [3.63, 3.8) is 0 Å². The lowest BCUT2D eigenvalue weighted by molar-refractivity contribution is 0.0958. The molecular formula is C21H26N4OS. The zero-order chi connectivity index (χ0) is 19.2. The fourth-order valence-corrected chi connectivity index (χ4v) is 4.04. The topological polar surface area (TPSA) is 50.2 Å². The number of amides is 1. The second-order valence-corrected chi connectivity index (χ2v) is 7.53. The summed E-state index contributed by atoms with van der Waals surface area (Å²) >= 11 is 1.69. The number of allylic oxidation sites excluding steroid dienone is 3. The van der Waals surface area contributed by atoms with Crippen LogP contribution in [0.15, 0.2) is 54.6 Å². The van der Waals surface area contributed by atoms with Crippen molar-refractivity contribution in [3.05, 3.63) is 71.7 Å². The molecule has 1 N–H and O–H groups in total. The molecule has 142 valence electrons. The molecule has 2 aromatic heterocycles. The number of anilines is 1. The van der Waals surface area contributed by atoms with Gasteiger partial charge >= 0.3 is 0 Å². The first-order valence-electron chi connectivity index (χ1n) is 9.23. The van der Waals surface area contributed by atoms with E-state index in [1.165, 1.54) is 19.3 Å². The molecule has 0 spiro atoms. The highest BCUT2D eigenvalue weighted by molar-refractivity contribution is 7.13. The lowest BCUT2D eigenvalue weighted by atomic mass is 10.1. The van der Waals surface area contributed by atoms with E-state index in [1.54, 1.807) is 29.6 Å². The van der Waals surface area contributed by atoms with E-state index in [0.29, 0.717) is 17.9 Å². The van der Waals surface area contributed by atoms with Gasteiger partial charge in [0, 0.05) is 29.9 Å². The van der Waals surface area contributed by atoms with Crippen LogP contribution < -0.4 is 10.2 Å². The van der Waals surface area contributed by atoms with Gasteiger partial charge in [-0.3, -0.25) is 4.79 Å². The summed E-state index contributed by atoms with van der Waals surface area (Å²) in [6.45, 7) is 12.2. The van der Waals surface area contributed by atoms with Crippen LogP contribution >= 0.6 is 11.3 Å². The molecule has 3 rings (SSSR count). The van der Waals surface area contributed by atoms with E-state index >= 15 is 0 Å². The van der Waals surface area contributed by atoms with E-state index in [-0.39, 0.29) is 5.91 Å². The number of nitrogens with zero attached hydrogens (tertiary/aromatic N) is 3. The van der Waals surface area contributed by atoms with E-state index in [1.807, 2.05) is 23.6 Å². The lowest BCUT2D eigenvalue weighted by Crippen LogP contribution is -2.29. The van der Waals surface area contributed by atoms with Crippen LogP contribution in [0.25, 0.3) is 0 Å². The van der Waals surface area contributed by atoms with Crippen molar-refractivity contribution in [2.75, 3.05) is 18.0 Å². The average Bonchev–Trinajstić information content (AvgIpc) is 3.28. The molecule has 0 unspecified atom stereocenters. The lowest BCUT2D eigenvalue weighted by Gasteiger charge is -2.25. The Hall–Kier alpha value is -2.60. The zero-order valence-corrected chi connectivity index (χ0v) is 16.6. The Morgan fingerprint density at radius 1 is 1.33 bits per heavy atom. The molecule has 1 amide bonds. The molecule has 6 heteroatoms. The van der Waals surface area contributed by atoms with Crippen molar-refractivity contribution in [1.29, 1.82) is 0 Å². The minimum atomic E-state index is -0.173. The van der Waals surface area contributed by atoms with Crippen molar-refractivity contribution in [1.82, 2.24) is 14.9 Å². The molecule has 2 aromatic rings. The number of piperidine rings is 1. The van der Waals surface area contributed by atoms with Gasteiger partial charge in [-0.05, 0) is 44.4 Å². The van der Waals surface area contributed by atoms with Crippen molar-refractivity contribution >= 4 is 22.4 Å². The number of nitrogens with one attached hydrogen (secondary N) is 1. The fraction of sp³-hybridized carbons (Fsp3) is 0.333.